The Morgan fingerprint density at radius 2 is 1.98 bits per heavy atom. The topological polar surface area (TPSA) is 79.6 Å². The Morgan fingerprint density at radius 3 is 2.71 bits per heavy atom. The van der Waals surface area contributed by atoms with E-state index in [-0.39, 0.29) is 46.1 Å². The second-order valence-corrected chi connectivity index (χ2v) is 13.1. The molecular weight excluding hydrogens is 593 g/mol. The highest BCUT2D eigenvalue weighted by molar-refractivity contribution is 6.35. The summed E-state index contributed by atoms with van der Waals surface area (Å²) in [4.78, 5) is 28.5. The molecule has 6 rings (SSSR count). The Kier molecular flexibility index (Phi) is 8.47. The molecule has 0 bridgehead atoms. The summed E-state index contributed by atoms with van der Waals surface area (Å²) < 4.78 is 25.1. The van der Waals surface area contributed by atoms with Gasteiger partial charge in [-0.15, -0.1) is 0 Å². The van der Waals surface area contributed by atoms with E-state index in [4.69, 9.17) is 26.3 Å². The third-order valence-corrected chi connectivity index (χ3v) is 9.71. The van der Waals surface area contributed by atoms with E-state index in [0.29, 0.717) is 42.5 Å². The van der Waals surface area contributed by atoms with E-state index >= 15 is 4.39 Å². The molecule has 3 atom stereocenters. The van der Waals surface area contributed by atoms with Crippen LogP contribution in [0.1, 0.15) is 46.1 Å². The fourth-order valence-corrected chi connectivity index (χ4v) is 7.38. The number of anilines is 1. The Bertz CT molecular complexity index is 1790. The third kappa shape index (κ3) is 5.52. The maximum absolute atomic E-state index is 17.0. The molecule has 4 aromatic rings. The van der Waals surface area contributed by atoms with Crippen molar-refractivity contribution in [2.24, 2.45) is 7.05 Å². The summed E-state index contributed by atoms with van der Waals surface area (Å²) in [5.74, 6) is -0.112. The average molecular weight is 634 g/mol. The van der Waals surface area contributed by atoms with Gasteiger partial charge in [0.15, 0.2) is 5.82 Å². The summed E-state index contributed by atoms with van der Waals surface area (Å²) in [5.41, 5.74) is 2.76. The monoisotopic (exact) mass is 633 g/mol. The van der Waals surface area contributed by atoms with Crippen LogP contribution in [0.3, 0.4) is 0 Å². The Balaban J connectivity index is 1.50. The van der Waals surface area contributed by atoms with Gasteiger partial charge in [0.25, 0.3) is 0 Å². The molecule has 0 unspecified atom stereocenters. The number of hydrogen-bond donors (Lipinski definition) is 0. The zero-order chi connectivity index (χ0) is 32.2. The average Bonchev–Trinajstić information content (AvgIpc) is 3.64. The van der Waals surface area contributed by atoms with E-state index < -0.39 is 5.82 Å². The molecule has 238 valence electrons. The summed E-state index contributed by atoms with van der Waals surface area (Å²) >= 11 is 6.98. The number of nitrogens with zero attached hydrogens (tertiary/aromatic N) is 7. The van der Waals surface area contributed by atoms with Crippen molar-refractivity contribution in [3.63, 3.8) is 0 Å². The SMILES string of the molecule is C=CC(=O)N1C[C@H](C)N(c2nc(OC[C@@H]3CCCN3C(C)C)nc3c(F)c(-c4c(C)ccc5cnn(C)c45)c(Cl)cc23)C[C@H]1C. The molecular formula is C34H41ClFN7O2. The number of aryl methyl sites for hydroxylation is 2. The van der Waals surface area contributed by atoms with Gasteiger partial charge in [-0.05, 0) is 71.7 Å². The van der Waals surface area contributed by atoms with Crippen LogP contribution in [0.15, 0.2) is 37.1 Å². The lowest BCUT2D eigenvalue weighted by atomic mass is 9.96. The van der Waals surface area contributed by atoms with Crippen molar-refractivity contribution in [1.82, 2.24) is 29.5 Å². The predicted octanol–water partition coefficient (Wildman–Crippen LogP) is 6.15. The largest absolute Gasteiger partial charge is 0.462 e. The van der Waals surface area contributed by atoms with Gasteiger partial charge in [0, 0.05) is 66.2 Å². The number of fused-ring (bicyclic) bond motifs is 2. The van der Waals surface area contributed by atoms with Gasteiger partial charge in [0.1, 0.15) is 17.9 Å². The number of likely N-dealkylation sites (tertiary alicyclic amines) is 1. The van der Waals surface area contributed by atoms with Crippen LogP contribution in [0.5, 0.6) is 6.01 Å². The first-order valence-electron chi connectivity index (χ1n) is 15.7. The third-order valence-electron chi connectivity index (χ3n) is 9.41. The fourth-order valence-electron chi connectivity index (χ4n) is 7.09. The Morgan fingerprint density at radius 1 is 1.20 bits per heavy atom. The summed E-state index contributed by atoms with van der Waals surface area (Å²) in [6, 6.07) is 6.21. The van der Waals surface area contributed by atoms with Crippen LogP contribution in [0.25, 0.3) is 32.9 Å². The molecule has 45 heavy (non-hydrogen) atoms. The van der Waals surface area contributed by atoms with Crippen LogP contribution in [-0.4, -0.2) is 85.9 Å². The Hall–Kier alpha value is -3.76. The van der Waals surface area contributed by atoms with Crippen LogP contribution in [0, 0.1) is 12.7 Å². The highest BCUT2D eigenvalue weighted by Crippen LogP contribution is 2.43. The predicted molar refractivity (Wildman–Crippen MR) is 177 cm³/mol. The van der Waals surface area contributed by atoms with E-state index in [9.17, 15) is 4.79 Å². The van der Waals surface area contributed by atoms with Crippen LogP contribution >= 0.6 is 11.6 Å². The number of piperazine rings is 1. The van der Waals surface area contributed by atoms with Crippen molar-refractivity contribution in [2.75, 3.05) is 31.1 Å². The van der Waals surface area contributed by atoms with Gasteiger partial charge in [-0.2, -0.15) is 15.1 Å². The van der Waals surface area contributed by atoms with Gasteiger partial charge in [0.05, 0.1) is 16.7 Å². The smallest absolute Gasteiger partial charge is 0.319 e. The molecule has 9 nitrogen and oxygen atoms in total. The van der Waals surface area contributed by atoms with E-state index in [2.05, 4.69) is 35.3 Å². The first-order valence-corrected chi connectivity index (χ1v) is 16.1. The van der Waals surface area contributed by atoms with Gasteiger partial charge in [-0.1, -0.05) is 30.3 Å². The minimum atomic E-state index is -0.534. The van der Waals surface area contributed by atoms with Gasteiger partial charge in [-0.25, -0.2) is 4.39 Å². The van der Waals surface area contributed by atoms with Crippen molar-refractivity contribution in [3.8, 4) is 17.1 Å². The first kappa shape index (κ1) is 31.2. The van der Waals surface area contributed by atoms with Crippen molar-refractivity contribution in [2.45, 2.75) is 71.6 Å². The molecule has 2 aromatic carbocycles. The molecule has 2 aliphatic rings. The number of amides is 1. The van der Waals surface area contributed by atoms with E-state index in [1.165, 1.54) is 6.08 Å². The number of aromatic nitrogens is 4. The molecule has 0 radical (unpaired) electrons. The van der Waals surface area contributed by atoms with Gasteiger partial charge < -0.3 is 14.5 Å². The van der Waals surface area contributed by atoms with Crippen LogP contribution in [0.2, 0.25) is 5.02 Å². The minimum absolute atomic E-state index is 0.115. The maximum Gasteiger partial charge on any atom is 0.319 e. The zero-order valence-corrected chi connectivity index (χ0v) is 27.6. The summed E-state index contributed by atoms with van der Waals surface area (Å²) in [6.07, 6.45) is 5.24. The number of carbonyl (C=O) groups is 1. The molecule has 1 amide bonds. The standard InChI is InChI=1S/C34H41ClFN7O2/c1-8-27(44)42-16-22(6)43(17-21(42)5)33-25-14-26(35)29(28-20(4)11-12-23-15-37-40(7)32(23)28)30(36)31(25)38-34(39-33)45-18-24-10-9-13-41(24)19(2)3/h8,11-12,14-15,19,21-22,24H,1,9-10,13,16-18H2,2-7H3/t21-,22+,24+/m1/s1. The summed E-state index contributed by atoms with van der Waals surface area (Å²) in [6.45, 7) is 16.4. The molecule has 2 aliphatic heterocycles. The first-order chi connectivity index (χ1) is 21.5. The van der Waals surface area contributed by atoms with Crippen molar-refractivity contribution in [3.05, 3.63) is 53.5 Å². The normalized spacial score (nSPS) is 21.0. The molecule has 2 saturated heterocycles. The maximum atomic E-state index is 17.0. The number of carbonyl (C=O) groups excluding carboxylic acids is 1. The lowest BCUT2D eigenvalue weighted by Crippen LogP contribution is -2.58. The number of halogens is 2. The van der Waals surface area contributed by atoms with Crippen LogP contribution in [0.4, 0.5) is 10.2 Å². The lowest BCUT2D eigenvalue weighted by molar-refractivity contribution is -0.128. The molecule has 0 N–H and O–H groups in total. The molecule has 0 aliphatic carbocycles. The Labute approximate surface area is 268 Å². The van der Waals surface area contributed by atoms with E-state index in [0.717, 1.165) is 35.9 Å². The number of benzene rings is 2. The van der Waals surface area contributed by atoms with Crippen LogP contribution in [-0.2, 0) is 11.8 Å². The second-order valence-electron chi connectivity index (χ2n) is 12.7. The fraction of sp³-hybridized carbons (Fsp3) is 0.471. The van der Waals surface area contributed by atoms with E-state index in [1.54, 1.807) is 21.8 Å². The molecule has 11 heteroatoms. The molecule has 0 spiro atoms. The van der Waals surface area contributed by atoms with Crippen LogP contribution < -0.4 is 9.64 Å². The number of hydrogen-bond acceptors (Lipinski definition) is 7. The molecule has 4 heterocycles. The van der Waals surface area contributed by atoms with Crippen molar-refractivity contribution in [1.29, 1.82) is 0 Å². The highest BCUT2D eigenvalue weighted by atomic mass is 35.5. The molecule has 2 fully saturated rings. The van der Waals surface area contributed by atoms with Gasteiger partial charge >= 0.3 is 6.01 Å². The number of ether oxygens (including phenoxy) is 1. The van der Waals surface area contributed by atoms with Gasteiger partial charge in [-0.3, -0.25) is 14.4 Å². The minimum Gasteiger partial charge on any atom is -0.462 e. The second kappa shape index (κ2) is 12.2. The molecule has 2 aromatic heterocycles. The van der Waals surface area contributed by atoms with Gasteiger partial charge in [0.2, 0.25) is 5.91 Å². The van der Waals surface area contributed by atoms with Crippen molar-refractivity contribution < 1.29 is 13.9 Å². The molecule has 0 saturated carbocycles. The van der Waals surface area contributed by atoms with E-state index in [1.807, 2.05) is 40.0 Å². The number of rotatable bonds is 7. The lowest BCUT2D eigenvalue weighted by Gasteiger charge is -2.44. The summed E-state index contributed by atoms with van der Waals surface area (Å²) in [7, 11) is 1.84. The highest BCUT2D eigenvalue weighted by Gasteiger charge is 2.34. The quantitative estimate of drug-likeness (QED) is 0.226. The van der Waals surface area contributed by atoms with Crippen molar-refractivity contribution >= 4 is 45.1 Å². The zero-order valence-electron chi connectivity index (χ0n) is 26.8. The summed E-state index contributed by atoms with van der Waals surface area (Å²) in [5, 5.41) is 6.06.